The van der Waals surface area contributed by atoms with E-state index in [0.717, 1.165) is 30.2 Å². The van der Waals surface area contributed by atoms with Gasteiger partial charge in [-0.25, -0.2) is 0 Å². The summed E-state index contributed by atoms with van der Waals surface area (Å²) in [5.41, 5.74) is 0. The lowest BCUT2D eigenvalue weighted by atomic mass is 10.1. The normalized spacial score (nSPS) is 18.8. The molecule has 13 heavy (non-hydrogen) atoms. The smallest absolute Gasteiger partial charge is 0.102 e. The highest BCUT2D eigenvalue weighted by Gasteiger charge is 2.15. The van der Waals surface area contributed by atoms with Crippen molar-refractivity contribution in [2.75, 3.05) is 12.3 Å². The summed E-state index contributed by atoms with van der Waals surface area (Å²) in [4.78, 5) is 4.26. The second-order valence-electron chi connectivity index (χ2n) is 3.43. The third-order valence-electron chi connectivity index (χ3n) is 2.23. The zero-order valence-corrected chi connectivity index (χ0v) is 9.15. The van der Waals surface area contributed by atoms with Gasteiger partial charge in [0.25, 0.3) is 0 Å². The van der Waals surface area contributed by atoms with E-state index in [2.05, 4.69) is 11.9 Å². The summed E-state index contributed by atoms with van der Waals surface area (Å²) in [7, 11) is 0. The maximum atomic E-state index is 9.70. The Morgan fingerprint density at radius 2 is 2.31 bits per heavy atom. The highest BCUT2D eigenvalue weighted by molar-refractivity contribution is 8.14. The third-order valence-corrected chi connectivity index (χ3v) is 3.31. The maximum Gasteiger partial charge on any atom is 0.102 e. The van der Waals surface area contributed by atoms with E-state index in [1.54, 1.807) is 11.8 Å². The fourth-order valence-electron chi connectivity index (χ4n) is 1.44. The predicted octanol–water partition coefficient (Wildman–Crippen LogP) is 2.46. The summed E-state index contributed by atoms with van der Waals surface area (Å²) >= 11 is 1.71. The van der Waals surface area contributed by atoms with Crippen LogP contribution >= 0.6 is 11.8 Å². The van der Waals surface area contributed by atoms with Crippen molar-refractivity contribution in [2.45, 2.75) is 45.1 Å². The van der Waals surface area contributed by atoms with E-state index in [9.17, 15) is 5.11 Å². The summed E-state index contributed by atoms with van der Waals surface area (Å²) < 4.78 is 0. The molecule has 0 spiro atoms. The molecule has 0 aromatic rings. The van der Waals surface area contributed by atoms with Gasteiger partial charge in [0.05, 0.1) is 5.04 Å². The highest BCUT2D eigenvalue weighted by Crippen LogP contribution is 2.18. The molecule has 76 valence electrons. The molecule has 0 radical (unpaired) electrons. The fourth-order valence-corrected chi connectivity index (χ4v) is 2.33. The van der Waals surface area contributed by atoms with E-state index in [4.69, 9.17) is 0 Å². The van der Waals surface area contributed by atoms with E-state index >= 15 is 0 Å². The van der Waals surface area contributed by atoms with Crippen LogP contribution in [0.15, 0.2) is 4.99 Å². The summed E-state index contributed by atoms with van der Waals surface area (Å²) in [5, 5.41) is 10.7. The molecule has 0 saturated carbocycles. The van der Waals surface area contributed by atoms with Crippen molar-refractivity contribution in [3.8, 4) is 0 Å². The van der Waals surface area contributed by atoms with Gasteiger partial charge in [-0.3, -0.25) is 4.99 Å². The highest BCUT2D eigenvalue weighted by atomic mass is 32.2. The average Bonchev–Trinajstić information content (AvgIpc) is 2.65. The lowest BCUT2D eigenvalue weighted by Gasteiger charge is -2.08. The van der Waals surface area contributed by atoms with Gasteiger partial charge in [0.15, 0.2) is 0 Å². The van der Waals surface area contributed by atoms with Gasteiger partial charge < -0.3 is 5.11 Å². The zero-order chi connectivity index (χ0) is 9.52. The number of rotatable bonds is 6. The molecule has 1 aliphatic rings. The number of hydrogen-bond acceptors (Lipinski definition) is 3. The first-order chi connectivity index (χ1) is 6.34. The molecule has 0 fully saturated rings. The first-order valence-electron chi connectivity index (χ1n) is 5.19. The number of nitrogens with zero attached hydrogens (tertiary/aromatic N) is 1. The second-order valence-corrected chi connectivity index (χ2v) is 4.55. The molecular formula is C10H19NOS. The molecule has 0 amide bonds. The van der Waals surface area contributed by atoms with Crippen molar-refractivity contribution in [1.82, 2.24) is 0 Å². The molecule has 0 saturated heterocycles. The van der Waals surface area contributed by atoms with E-state index < -0.39 is 0 Å². The van der Waals surface area contributed by atoms with Crippen LogP contribution in [-0.4, -0.2) is 28.6 Å². The first kappa shape index (κ1) is 11.1. The van der Waals surface area contributed by atoms with Crippen molar-refractivity contribution < 1.29 is 5.11 Å². The molecule has 0 bridgehead atoms. The molecule has 1 heterocycles. The van der Waals surface area contributed by atoms with E-state index in [-0.39, 0.29) is 6.10 Å². The number of unbranched alkanes of at least 4 members (excludes halogenated alkanes) is 3. The van der Waals surface area contributed by atoms with Crippen LogP contribution < -0.4 is 0 Å². The number of aliphatic hydroxyl groups is 1. The van der Waals surface area contributed by atoms with Crippen molar-refractivity contribution in [3.63, 3.8) is 0 Å². The molecule has 0 aliphatic carbocycles. The SMILES string of the molecule is CCCCCCC(O)C1=NCCS1. The lowest BCUT2D eigenvalue weighted by Crippen LogP contribution is -2.15. The minimum Gasteiger partial charge on any atom is -0.386 e. The van der Waals surface area contributed by atoms with Crippen molar-refractivity contribution >= 4 is 16.8 Å². The molecule has 1 atom stereocenters. The number of aliphatic hydroxyl groups excluding tert-OH is 1. The Hall–Kier alpha value is -0.0200. The van der Waals surface area contributed by atoms with Gasteiger partial charge >= 0.3 is 0 Å². The van der Waals surface area contributed by atoms with Gasteiger partial charge in [0.1, 0.15) is 6.10 Å². The Labute approximate surface area is 84.8 Å². The Bertz CT molecular complexity index is 170. The minimum atomic E-state index is -0.274. The van der Waals surface area contributed by atoms with E-state index in [0.29, 0.717) is 0 Å². The van der Waals surface area contributed by atoms with Crippen LogP contribution in [0.1, 0.15) is 39.0 Å². The summed E-state index contributed by atoms with van der Waals surface area (Å²) in [6.45, 7) is 3.10. The molecule has 1 N–H and O–H groups in total. The monoisotopic (exact) mass is 201 g/mol. The molecule has 2 nitrogen and oxygen atoms in total. The van der Waals surface area contributed by atoms with Gasteiger partial charge in [-0.15, -0.1) is 11.8 Å². The van der Waals surface area contributed by atoms with Gasteiger partial charge in [-0.1, -0.05) is 32.6 Å². The maximum absolute atomic E-state index is 9.70. The quantitative estimate of drug-likeness (QED) is 0.670. The minimum absolute atomic E-state index is 0.274. The van der Waals surface area contributed by atoms with Crippen LogP contribution in [0.4, 0.5) is 0 Å². The van der Waals surface area contributed by atoms with Crippen LogP contribution in [-0.2, 0) is 0 Å². The second kappa shape index (κ2) is 6.44. The molecule has 1 aliphatic heterocycles. The van der Waals surface area contributed by atoms with Crippen LogP contribution in [0.3, 0.4) is 0 Å². The summed E-state index contributed by atoms with van der Waals surface area (Å²) in [5.74, 6) is 1.06. The van der Waals surface area contributed by atoms with Gasteiger partial charge in [-0.05, 0) is 6.42 Å². The Morgan fingerprint density at radius 1 is 1.46 bits per heavy atom. The molecule has 1 rings (SSSR count). The van der Waals surface area contributed by atoms with Crippen LogP contribution in [0.2, 0.25) is 0 Å². The Kier molecular flexibility index (Phi) is 5.47. The lowest BCUT2D eigenvalue weighted by molar-refractivity contribution is 0.229. The Balaban J connectivity index is 2.06. The zero-order valence-electron chi connectivity index (χ0n) is 8.33. The van der Waals surface area contributed by atoms with Gasteiger partial charge in [0, 0.05) is 12.3 Å². The molecular weight excluding hydrogens is 182 g/mol. The third kappa shape index (κ3) is 4.14. The number of hydrogen-bond donors (Lipinski definition) is 1. The van der Waals surface area contributed by atoms with Crippen molar-refractivity contribution in [3.05, 3.63) is 0 Å². The van der Waals surface area contributed by atoms with Crippen LogP contribution in [0, 0.1) is 0 Å². The van der Waals surface area contributed by atoms with E-state index in [1.807, 2.05) is 0 Å². The van der Waals surface area contributed by atoms with Gasteiger partial charge in [-0.2, -0.15) is 0 Å². The Morgan fingerprint density at radius 3 is 2.92 bits per heavy atom. The largest absolute Gasteiger partial charge is 0.386 e. The van der Waals surface area contributed by atoms with Gasteiger partial charge in [0.2, 0.25) is 0 Å². The standard InChI is InChI=1S/C10H19NOS/c1-2-3-4-5-6-9(12)10-11-7-8-13-10/h9,12H,2-8H2,1H3. The topological polar surface area (TPSA) is 32.6 Å². The molecule has 1 unspecified atom stereocenters. The van der Waals surface area contributed by atoms with E-state index in [1.165, 1.54) is 19.3 Å². The molecule has 0 aromatic carbocycles. The first-order valence-corrected chi connectivity index (χ1v) is 6.18. The molecule has 3 heteroatoms. The molecule has 0 aromatic heterocycles. The van der Waals surface area contributed by atoms with Crippen LogP contribution in [0.25, 0.3) is 0 Å². The summed E-state index contributed by atoms with van der Waals surface area (Å²) in [6.07, 6.45) is 5.54. The summed E-state index contributed by atoms with van der Waals surface area (Å²) in [6, 6.07) is 0. The number of aliphatic imine (C=N–C) groups is 1. The van der Waals surface area contributed by atoms with Crippen molar-refractivity contribution in [1.29, 1.82) is 0 Å². The van der Waals surface area contributed by atoms with Crippen LogP contribution in [0.5, 0.6) is 0 Å². The average molecular weight is 201 g/mol. The van der Waals surface area contributed by atoms with Crippen molar-refractivity contribution in [2.24, 2.45) is 4.99 Å². The number of thioether (sulfide) groups is 1. The predicted molar refractivity (Wildman–Crippen MR) is 59.5 cm³/mol. The fraction of sp³-hybridized carbons (Fsp3) is 0.900.